The zero-order chi connectivity index (χ0) is 14.7. The Kier molecular flexibility index (Phi) is 4.03. The number of hydrogen-bond acceptors (Lipinski definition) is 2. The molecule has 0 aliphatic carbocycles. The van der Waals surface area contributed by atoms with Gasteiger partial charge in [0.15, 0.2) is 0 Å². The van der Waals surface area contributed by atoms with Crippen molar-refractivity contribution < 1.29 is 9.18 Å². The fourth-order valence-electron chi connectivity index (χ4n) is 2.08. The highest BCUT2D eigenvalue weighted by atomic mass is 19.1. The van der Waals surface area contributed by atoms with Crippen molar-refractivity contribution in [2.24, 2.45) is 0 Å². The van der Waals surface area contributed by atoms with E-state index in [4.69, 9.17) is 5.73 Å². The summed E-state index contributed by atoms with van der Waals surface area (Å²) >= 11 is 0. The van der Waals surface area contributed by atoms with Gasteiger partial charge in [0.05, 0.1) is 0 Å². The van der Waals surface area contributed by atoms with Crippen LogP contribution in [-0.2, 0) is 0 Å². The Morgan fingerprint density at radius 1 is 1.20 bits per heavy atom. The first kappa shape index (κ1) is 14.1. The maximum Gasteiger partial charge on any atom is 0.258 e. The molecule has 0 bridgehead atoms. The van der Waals surface area contributed by atoms with Crippen LogP contribution in [0, 0.1) is 12.7 Å². The van der Waals surface area contributed by atoms with Crippen molar-refractivity contribution in [1.29, 1.82) is 0 Å². The number of nitrogens with two attached hydrogens (primary N) is 1. The fourth-order valence-corrected chi connectivity index (χ4v) is 2.08. The van der Waals surface area contributed by atoms with Gasteiger partial charge < -0.3 is 10.6 Å². The second kappa shape index (κ2) is 5.74. The number of nitrogen functional groups attached to an aromatic ring is 1. The normalized spacial score (nSPS) is 10.3. The van der Waals surface area contributed by atoms with Crippen LogP contribution in [0.3, 0.4) is 0 Å². The molecule has 104 valence electrons. The van der Waals surface area contributed by atoms with Gasteiger partial charge in [0.25, 0.3) is 5.91 Å². The van der Waals surface area contributed by atoms with Crippen molar-refractivity contribution in [3.8, 4) is 0 Å². The second-order valence-electron chi connectivity index (χ2n) is 4.60. The summed E-state index contributed by atoms with van der Waals surface area (Å²) in [5.74, 6) is -0.457. The number of benzene rings is 2. The Hall–Kier alpha value is -2.36. The highest BCUT2D eigenvalue weighted by Crippen LogP contribution is 2.20. The summed E-state index contributed by atoms with van der Waals surface area (Å²) in [5, 5.41) is 0. The molecule has 0 saturated carbocycles. The van der Waals surface area contributed by atoms with E-state index in [-0.39, 0.29) is 11.7 Å². The predicted octanol–water partition coefficient (Wildman–Crippen LogP) is 3.38. The zero-order valence-corrected chi connectivity index (χ0v) is 11.6. The maximum atomic E-state index is 13.0. The SMILES string of the molecule is CCN(C(=O)c1cc(N)ccc1C)c1ccc(F)cc1. The Morgan fingerprint density at radius 3 is 2.45 bits per heavy atom. The number of carbonyl (C=O) groups excluding carboxylic acids is 1. The first-order valence-electron chi connectivity index (χ1n) is 6.46. The lowest BCUT2D eigenvalue weighted by Gasteiger charge is -2.22. The number of rotatable bonds is 3. The third kappa shape index (κ3) is 2.79. The van der Waals surface area contributed by atoms with Gasteiger partial charge in [-0.05, 0) is 55.8 Å². The van der Waals surface area contributed by atoms with E-state index in [0.29, 0.717) is 23.5 Å². The van der Waals surface area contributed by atoms with Crippen LogP contribution in [0.25, 0.3) is 0 Å². The molecule has 0 heterocycles. The van der Waals surface area contributed by atoms with E-state index in [1.165, 1.54) is 12.1 Å². The lowest BCUT2D eigenvalue weighted by atomic mass is 10.1. The molecule has 2 aromatic rings. The van der Waals surface area contributed by atoms with Crippen LogP contribution in [0.4, 0.5) is 15.8 Å². The second-order valence-corrected chi connectivity index (χ2v) is 4.60. The first-order chi connectivity index (χ1) is 9.52. The van der Waals surface area contributed by atoms with E-state index in [1.807, 2.05) is 19.9 Å². The third-order valence-corrected chi connectivity index (χ3v) is 3.19. The summed E-state index contributed by atoms with van der Waals surface area (Å²) in [7, 11) is 0. The molecule has 0 radical (unpaired) electrons. The molecule has 20 heavy (non-hydrogen) atoms. The number of hydrogen-bond donors (Lipinski definition) is 1. The van der Waals surface area contributed by atoms with Gasteiger partial charge in [-0.25, -0.2) is 4.39 Å². The van der Waals surface area contributed by atoms with Gasteiger partial charge in [0.1, 0.15) is 5.82 Å². The fraction of sp³-hybridized carbons (Fsp3) is 0.188. The quantitative estimate of drug-likeness (QED) is 0.871. The van der Waals surface area contributed by atoms with E-state index in [0.717, 1.165) is 5.56 Å². The summed E-state index contributed by atoms with van der Waals surface area (Å²) in [6, 6.07) is 11.1. The van der Waals surface area contributed by atoms with Crippen LogP contribution in [0.15, 0.2) is 42.5 Å². The van der Waals surface area contributed by atoms with Gasteiger partial charge in [-0.1, -0.05) is 6.07 Å². The molecular weight excluding hydrogens is 255 g/mol. The van der Waals surface area contributed by atoms with Gasteiger partial charge in [-0.2, -0.15) is 0 Å². The highest BCUT2D eigenvalue weighted by molar-refractivity contribution is 6.07. The van der Waals surface area contributed by atoms with Crippen LogP contribution in [-0.4, -0.2) is 12.5 Å². The number of halogens is 1. The molecule has 0 fully saturated rings. The van der Waals surface area contributed by atoms with Crippen LogP contribution in [0.5, 0.6) is 0 Å². The molecule has 2 N–H and O–H groups in total. The Morgan fingerprint density at radius 2 is 1.85 bits per heavy atom. The number of aryl methyl sites for hydroxylation is 1. The monoisotopic (exact) mass is 272 g/mol. The van der Waals surface area contributed by atoms with Gasteiger partial charge in [0, 0.05) is 23.5 Å². The molecule has 4 heteroatoms. The van der Waals surface area contributed by atoms with Gasteiger partial charge >= 0.3 is 0 Å². The van der Waals surface area contributed by atoms with E-state index >= 15 is 0 Å². The van der Waals surface area contributed by atoms with Crippen molar-refractivity contribution in [3.63, 3.8) is 0 Å². The molecule has 0 aliphatic rings. The molecule has 2 aromatic carbocycles. The number of carbonyl (C=O) groups is 1. The average molecular weight is 272 g/mol. The standard InChI is InChI=1S/C16H17FN2O/c1-3-19(14-8-5-12(17)6-9-14)16(20)15-10-13(18)7-4-11(15)2/h4-10H,3,18H2,1-2H3. The highest BCUT2D eigenvalue weighted by Gasteiger charge is 2.18. The van der Waals surface area contributed by atoms with Crippen LogP contribution >= 0.6 is 0 Å². The van der Waals surface area contributed by atoms with E-state index < -0.39 is 0 Å². The number of anilines is 2. The topological polar surface area (TPSA) is 46.3 Å². The minimum atomic E-state index is -0.322. The zero-order valence-electron chi connectivity index (χ0n) is 11.6. The van der Waals surface area contributed by atoms with Gasteiger partial charge in [-0.3, -0.25) is 4.79 Å². The molecule has 0 atom stereocenters. The molecule has 1 amide bonds. The summed E-state index contributed by atoms with van der Waals surface area (Å²) in [5.41, 5.74) is 8.39. The Labute approximate surface area is 117 Å². The Bertz CT molecular complexity index is 623. The van der Waals surface area contributed by atoms with Crippen molar-refractivity contribution >= 4 is 17.3 Å². The van der Waals surface area contributed by atoms with E-state index in [2.05, 4.69) is 0 Å². The largest absolute Gasteiger partial charge is 0.399 e. The molecular formula is C16H17FN2O. The predicted molar refractivity (Wildman–Crippen MR) is 79.3 cm³/mol. The molecule has 0 unspecified atom stereocenters. The smallest absolute Gasteiger partial charge is 0.258 e. The van der Waals surface area contributed by atoms with Crippen LogP contribution in [0.1, 0.15) is 22.8 Å². The average Bonchev–Trinajstić information content (AvgIpc) is 2.44. The van der Waals surface area contributed by atoms with Gasteiger partial charge in [-0.15, -0.1) is 0 Å². The summed E-state index contributed by atoms with van der Waals surface area (Å²) in [4.78, 5) is 14.2. The first-order valence-corrected chi connectivity index (χ1v) is 6.46. The maximum absolute atomic E-state index is 13.0. The van der Waals surface area contributed by atoms with Crippen molar-refractivity contribution in [1.82, 2.24) is 0 Å². The summed E-state index contributed by atoms with van der Waals surface area (Å²) in [6.07, 6.45) is 0. The lowest BCUT2D eigenvalue weighted by molar-refractivity contribution is 0.0987. The van der Waals surface area contributed by atoms with Crippen LogP contribution in [0.2, 0.25) is 0 Å². The molecule has 3 nitrogen and oxygen atoms in total. The molecule has 0 saturated heterocycles. The summed E-state index contributed by atoms with van der Waals surface area (Å²) < 4.78 is 13.0. The van der Waals surface area contributed by atoms with Crippen molar-refractivity contribution in [2.45, 2.75) is 13.8 Å². The minimum Gasteiger partial charge on any atom is -0.399 e. The summed E-state index contributed by atoms with van der Waals surface area (Å²) in [6.45, 7) is 4.24. The molecule has 0 aromatic heterocycles. The lowest BCUT2D eigenvalue weighted by Crippen LogP contribution is -2.31. The van der Waals surface area contributed by atoms with Crippen molar-refractivity contribution in [3.05, 3.63) is 59.4 Å². The number of amides is 1. The molecule has 0 aliphatic heterocycles. The van der Waals surface area contributed by atoms with Crippen LogP contribution < -0.4 is 10.6 Å². The third-order valence-electron chi connectivity index (χ3n) is 3.19. The minimum absolute atomic E-state index is 0.135. The molecule has 2 rings (SSSR count). The Balaban J connectivity index is 2.38. The molecule has 0 spiro atoms. The van der Waals surface area contributed by atoms with E-state index in [9.17, 15) is 9.18 Å². The van der Waals surface area contributed by atoms with Crippen molar-refractivity contribution in [2.75, 3.05) is 17.2 Å². The number of nitrogens with zero attached hydrogens (tertiary/aromatic N) is 1. The van der Waals surface area contributed by atoms with Gasteiger partial charge in [0.2, 0.25) is 0 Å². The van der Waals surface area contributed by atoms with E-state index in [1.54, 1.807) is 29.2 Å².